The van der Waals surface area contributed by atoms with Crippen molar-refractivity contribution in [2.24, 2.45) is 0 Å². The number of imidazole rings is 1. The van der Waals surface area contributed by atoms with Gasteiger partial charge in [0.2, 0.25) is 0 Å². The maximum Gasteiger partial charge on any atom is 0.251 e. The molecular formula is C21H23IN6O4. The first-order valence-electron chi connectivity index (χ1n) is 10.2. The lowest BCUT2D eigenvalue weighted by Crippen LogP contribution is -2.41. The van der Waals surface area contributed by atoms with Crippen molar-refractivity contribution in [3.8, 4) is 0 Å². The highest BCUT2D eigenvalue weighted by atomic mass is 127. The summed E-state index contributed by atoms with van der Waals surface area (Å²) in [5.41, 5.74) is 2.33. The molecule has 0 spiro atoms. The Bertz CT molecular complexity index is 1170. The van der Waals surface area contributed by atoms with Crippen LogP contribution in [-0.2, 0) is 25.5 Å². The topological polar surface area (TPSA) is 112 Å². The summed E-state index contributed by atoms with van der Waals surface area (Å²) in [4.78, 5) is 25.7. The molecule has 0 saturated carbocycles. The Balaban J connectivity index is 1.45. The highest BCUT2D eigenvalue weighted by Crippen LogP contribution is 2.43. The van der Waals surface area contributed by atoms with E-state index in [2.05, 4.69) is 60.3 Å². The number of anilines is 1. The molecule has 1 aromatic carbocycles. The molecule has 11 heteroatoms. The normalized spacial score (nSPS) is 26.2. The number of nitrogens with one attached hydrogen (secondary N) is 2. The number of hydrogen-bond donors (Lipinski definition) is 2. The average molecular weight is 550 g/mol. The van der Waals surface area contributed by atoms with Crippen LogP contribution in [0.15, 0.2) is 36.9 Å². The van der Waals surface area contributed by atoms with E-state index in [0.717, 1.165) is 5.56 Å². The molecule has 0 radical (unpaired) electrons. The van der Waals surface area contributed by atoms with Gasteiger partial charge in [-0.2, -0.15) is 0 Å². The van der Waals surface area contributed by atoms with Crippen molar-refractivity contribution in [1.29, 1.82) is 0 Å². The molecule has 0 unspecified atom stereocenters. The third-order valence-electron chi connectivity index (χ3n) is 5.52. The van der Waals surface area contributed by atoms with E-state index in [4.69, 9.17) is 14.2 Å². The summed E-state index contributed by atoms with van der Waals surface area (Å²) in [5, 5.41) is 5.97. The Morgan fingerprint density at radius 2 is 2.03 bits per heavy atom. The van der Waals surface area contributed by atoms with E-state index >= 15 is 0 Å². The van der Waals surface area contributed by atoms with E-state index in [-0.39, 0.29) is 5.91 Å². The Morgan fingerprint density at radius 1 is 1.22 bits per heavy atom. The van der Waals surface area contributed by atoms with Crippen LogP contribution in [0.4, 0.5) is 5.82 Å². The Kier molecular flexibility index (Phi) is 5.51. The summed E-state index contributed by atoms with van der Waals surface area (Å²) < 4.78 is 21.1. The first-order valence-corrected chi connectivity index (χ1v) is 11.3. The summed E-state index contributed by atoms with van der Waals surface area (Å²) in [5.74, 6) is -0.467. The number of carbonyl (C=O) groups is 1. The van der Waals surface area contributed by atoms with Gasteiger partial charge in [-0.25, -0.2) is 15.0 Å². The Labute approximate surface area is 198 Å². The third-order valence-corrected chi connectivity index (χ3v) is 6.19. The lowest BCUT2D eigenvalue weighted by molar-refractivity contribution is -0.197. The van der Waals surface area contributed by atoms with E-state index in [9.17, 15) is 4.79 Å². The summed E-state index contributed by atoms with van der Waals surface area (Å²) in [6, 6.07) is 8.22. The van der Waals surface area contributed by atoms with Gasteiger partial charge in [-0.1, -0.05) is 12.1 Å². The molecule has 10 nitrogen and oxygen atoms in total. The highest BCUT2D eigenvalue weighted by molar-refractivity contribution is 14.1. The zero-order valence-corrected chi connectivity index (χ0v) is 19.9. The van der Waals surface area contributed by atoms with Crippen LogP contribution in [0.25, 0.3) is 11.2 Å². The summed E-state index contributed by atoms with van der Waals surface area (Å²) in [6.07, 6.45) is 0.686. The van der Waals surface area contributed by atoms with Crippen molar-refractivity contribution in [2.75, 3.05) is 12.4 Å². The molecule has 4 atom stereocenters. The van der Waals surface area contributed by atoms with Crippen molar-refractivity contribution in [3.63, 3.8) is 0 Å². The molecule has 168 valence electrons. The molecule has 0 aliphatic carbocycles. The maximum atomic E-state index is 12.4. The number of carbonyl (C=O) groups excluding carboxylic acids is 1. The van der Waals surface area contributed by atoms with Gasteiger partial charge in [0.1, 0.15) is 18.5 Å². The molecule has 32 heavy (non-hydrogen) atoms. The van der Waals surface area contributed by atoms with Crippen molar-refractivity contribution in [2.45, 2.75) is 50.7 Å². The molecule has 3 aromatic rings. The Morgan fingerprint density at radius 3 is 2.81 bits per heavy atom. The first-order chi connectivity index (χ1) is 15.4. The lowest BCUT2D eigenvalue weighted by atomic mass is 10.1. The number of rotatable bonds is 5. The quantitative estimate of drug-likeness (QED) is 0.466. The van der Waals surface area contributed by atoms with Crippen LogP contribution in [0.3, 0.4) is 0 Å². The van der Waals surface area contributed by atoms with Crippen LogP contribution in [0, 0.1) is 3.57 Å². The second kappa shape index (κ2) is 8.21. The van der Waals surface area contributed by atoms with Crippen molar-refractivity contribution in [3.05, 3.63) is 46.1 Å². The van der Waals surface area contributed by atoms with Crippen molar-refractivity contribution < 1.29 is 19.0 Å². The van der Waals surface area contributed by atoms with Crippen LogP contribution < -0.4 is 10.6 Å². The predicted octanol–water partition coefficient (Wildman–Crippen LogP) is 2.21. The zero-order chi connectivity index (χ0) is 22.5. The second-order valence-corrected chi connectivity index (χ2v) is 9.40. The largest absolute Gasteiger partial charge is 0.364 e. The van der Waals surface area contributed by atoms with Gasteiger partial charge in [-0.3, -0.25) is 9.36 Å². The fourth-order valence-corrected chi connectivity index (χ4v) is 4.76. The van der Waals surface area contributed by atoms with Gasteiger partial charge in [-0.05, 0) is 54.1 Å². The molecule has 2 N–H and O–H groups in total. The fraction of sp³-hybridized carbons (Fsp3) is 0.429. The number of halogens is 1. The van der Waals surface area contributed by atoms with Gasteiger partial charge < -0.3 is 24.8 Å². The fourth-order valence-electron chi connectivity index (χ4n) is 4.15. The molecule has 2 aliphatic heterocycles. The SMILES string of the molecule is CNC(=O)[C@H]1O[C@@H](n2cnc3c(NCc4cccc(I)c4)ncnc32)[C@@H]2OC(C)(C)O[C@@H]21. The monoisotopic (exact) mass is 550 g/mol. The van der Waals surface area contributed by atoms with Crippen molar-refractivity contribution in [1.82, 2.24) is 24.8 Å². The van der Waals surface area contributed by atoms with Gasteiger partial charge in [0, 0.05) is 17.2 Å². The van der Waals surface area contributed by atoms with Crippen LogP contribution in [0.1, 0.15) is 25.6 Å². The molecule has 5 rings (SSSR count). The van der Waals surface area contributed by atoms with E-state index in [0.29, 0.717) is 23.5 Å². The van der Waals surface area contributed by atoms with E-state index in [1.54, 1.807) is 17.9 Å². The van der Waals surface area contributed by atoms with E-state index < -0.39 is 30.3 Å². The predicted molar refractivity (Wildman–Crippen MR) is 124 cm³/mol. The third kappa shape index (κ3) is 3.83. The molecule has 2 fully saturated rings. The smallest absolute Gasteiger partial charge is 0.251 e. The summed E-state index contributed by atoms with van der Waals surface area (Å²) in [7, 11) is 1.57. The Hall–Kier alpha value is -2.35. The molecular weight excluding hydrogens is 527 g/mol. The standard InChI is InChI=1S/C21H23IN6O4/c1-21(2)31-14-15(19(29)23-3)30-20(16(14)32-21)28-10-27-13-17(25-9-26-18(13)28)24-8-11-5-4-6-12(22)7-11/h4-7,9-10,14-16,20H,8H2,1-3H3,(H,23,29)(H,24,25,26)/t14-,15+,16-,20-/m1/s1. The van der Waals surface area contributed by atoms with Crippen molar-refractivity contribution >= 4 is 45.5 Å². The first kappa shape index (κ1) is 21.5. The van der Waals surface area contributed by atoms with E-state index in [1.807, 2.05) is 26.0 Å². The van der Waals surface area contributed by atoms with Gasteiger partial charge in [0.05, 0.1) is 6.33 Å². The van der Waals surface area contributed by atoms with Gasteiger partial charge in [0.15, 0.2) is 35.1 Å². The summed E-state index contributed by atoms with van der Waals surface area (Å²) >= 11 is 2.29. The lowest BCUT2D eigenvalue weighted by Gasteiger charge is -2.24. The zero-order valence-electron chi connectivity index (χ0n) is 17.8. The van der Waals surface area contributed by atoms with Gasteiger partial charge >= 0.3 is 0 Å². The van der Waals surface area contributed by atoms with Crippen LogP contribution in [0.5, 0.6) is 0 Å². The van der Waals surface area contributed by atoms with Gasteiger partial charge in [-0.15, -0.1) is 0 Å². The molecule has 2 aliphatic rings. The number of benzene rings is 1. The number of aromatic nitrogens is 4. The van der Waals surface area contributed by atoms with Crippen LogP contribution in [-0.4, -0.2) is 56.6 Å². The number of ether oxygens (including phenoxy) is 3. The average Bonchev–Trinajstić information content (AvgIpc) is 3.42. The maximum absolute atomic E-state index is 12.4. The number of hydrogen-bond acceptors (Lipinski definition) is 8. The minimum Gasteiger partial charge on any atom is -0.364 e. The van der Waals surface area contributed by atoms with Crippen LogP contribution in [0.2, 0.25) is 0 Å². The minimum atomic E-state index is -0.824. The summed E-state index contributed by atoms with van der Waals surface area (Å²) in [6.45, 7) is 4.25. The van der Waals surface area contributed by atoms with E-state index in [1.165, 1.54) is 9.90 Å². The van der Waals surface area contributed by atoms with Crippen LogP contribution >= 0.6 is 22.6 Å². The molecule has 2 saturated heterocycles. The molecule has 0 bridgehead atoms. The number of likely N-dealkylation sites (N-methyl/N-ethyl adjacent to an activating group) is 1. The van der Waals surface area contributed by atoms with Gasteiger partial charge in [0.25, 0.3) is 5.91 Å². The number of amides is 1. The molecule has 1 amide bonds. The second-order valence-electron chi connectivity index (χ2n) is 8.16. The molecule has 4 heterocycles. The molecule has 2 aromatic heterocycles. The number of fused-ring (bicyclic) bond motifs is 2. The highest BCUT2D eigenvalue weighted by Gasteiger charge is 2.58. The number of nitrogens with zero attached hydrogens (tertiary/aromatic N) is 4. The minimum absolute atomic E-state index is 0.261.